The first-order valence-corrected chi connectivity index (χ1v) is 8.95. The summed E-state index contributed by atoms with van der Waals surface area (Å²) in [6, 6.07) is 15.3. The van der Waals surface area contributed by atoms with Crippen LogP contribution >= 0.6 is 0 Å². The minimum Gasteiger partial charge on any atom is -0.492 e. The molecular formula is C21H23NO5. The number of rotatable bonds is 8. The Hall–Kier alpha value is -3.15. The molecule has 0 radical (unpaired) electrons. The fraction of sp³-hybridized carbons (Fsp3) is 0.286. The highest BCUT2D eigenvalue weighted by atomic mass is 16.5. The van der Waals surface area contributed by atoms with Crippen LogP contribution in [0.25, 0.3) is 6.08 Å². The van der Waals surface area contributed by atoms with Gasteiger partial charge in [0.1, 0.15) is 24.7 Å². The van der Waals surface area contributed by atoms with E-state index in [1.54, 1.807) is 19.1 Å². The van der Waals surface area contributed by atoms with Crippen molar-refractivity contribution in [2.75, 3.05) is 37.8 Å². The van der Waals surface area contributed by atoms with Gasteiger partial charge in [0, 0.05) is 0 Å². The number of nitrogens with zero attached hydrogens (tertiary/aromatic N) is 1. The molecule has 3 rings (SSSR count). The lowest BCUT2D eigenvalue weighted by Gasteiger charge is -2.31. The van der Waals surface area contributed by atoms with Crippen LogP contribution in [-0.4, -0.2) is 44.0 Å². The van der Waals surface area contributed by atoms with Gasteiger partial charge in [0.15, 0.2) is 0 Å². The molecule has 0 amide bonds. The zero-order chi connectivity index (χ0) is 19.1. The van der Waals surface area contributed by atoms with Crippen molar-refractivity contribution in [3.05, 3.63) is 59.9 Å². The summed E-state index contributed by atoms with van der Waals surface area (Å²) in [5.41, 5.74) is 1.83. The molecule has 142 valence electrons. The molecule has 1 aliphatic heterocycles. The van der Waals surface area contributed by atoms with E-state index in [4.69, 9.17) is 19.3 Å². The number of carboxylic acids is 1. The van der Waals surface area contributed by atoms with Crippen LogP contribution in [0.2, 0.25) is 0 Å². The summed E-state index contributed by atoms with van der Waals surface area (Å²) in [4.78, 5) is 13.4. The van der Waals surface area contributed by atoms with Crippen molar-refractivity contribution >= 4 is 17.7 Å². The van der Waals surface area contributed by atoms with E-state index in [1.807, 2.05) is 36.4 Å². The number of fused-ring (bicyclic) bond motifs is 1. The second-order valence-electron chi connectivity index (χ2n) is 5.97. The Morgan fingerprint density at radius 3 is 2.74 bits per heavy atom. The van der Waals surface area contributed by atoms with Crippen LogP contribution in [0.15, 0.2) is 54.3 Å². The van der Waals surface area contributed by atoms with E-state index in [1.165, 1.54) is 6.08 Å². The van der Waals surface area contributed by atoms with Crippen molar-refractivity contribution < 1.29 is 24.1 Å². The second-order valence-corrected chi connectivity index (χ2v) is 5.97. The Bertz CT molecular complexity index is 800. The number of hydrogen-bond acceptors (Lipinski definition) is 5. The fourth-order valence-corrected chi connectivity index (χ4v) is 2.86. The smallest absolute Gasteiger partial charge is 0.371 e. The van der Waals surface area contributed by atoms with Crippen molar-refractivity contribution in [2.24, 2.45) is 0 Å². The summed E-state index contributed by atoms with van der Waals surface area (Å²) < 4.78 is 16.6. The molecule has 27 heavy (non-hydrogen) atoms. The molecule has 6 heteroatoms. The van der Waals surface area contributed by atoms with Gasteiger partial charge in [-0.1, -0.05) is 24.3 Å². The number of ether oxygens (including phenoxy) is 3. The molecular weight excluding hydrogens is 346 g/mol. The minimum absolute atomic E-state index is 0.0721. The van der Waals surface area contributed by atoms with E-state index in [9.17, 15) is 4.79 Å². The Balaban J connectivity index is 1.55. The number of aliphatic carboxylic acids is 1. The third kappa shape index (κ3) is 4.94. The molecule has 0 saturated heterocycles. The van der Waals surface area contributed by atoms with Gasteiger partial charge in [0.05, 0.1) is 25.4 Å². The number of carboxylic acid groups (broad SMARTS) is 1. The summed E-state index contributed by atoms with van der Waals surface area (Å²) in [5.74, 6) is 0.491. The minimum atomic E-state index is -1.08. The van der Waals surface area contributed by atoms with Gasteiger partial charge in [-0.3, -0.25) is 0 Å². The van der Waals surface area contributed by atoms with Crippen molar-refractivity contribution in [3.8, 4) is 11.5 Å². The van der Waals surface area contributed by atoms with Crippen LogP contribution in [0, 0.1) is 0 Å². The normalized spacial score (nSPS) is 13.5. The molecule has 0 saturated carbocycles. The van der Waals surface area contributed by atoms with Crippen molar-refractivity contribution in [1.29, 1.82) is 0 Å². The maximum atomic E-state index is 11.1. The third-order valence-corrected chi connectivity index (χ3v) is 4.14. The van der Waals surface area contributed by atoms with Crippen molar-refractivity contribution in [3.63, 3.8) is 0 Å². The standard InChI is InChI=1S/C21H23NO5/c1-2-25-20(21(23)24)15-16-7-9-17(10-8-16)26-13-11-22-12-14-27-19-6-4-3-5-18(19)22/h3-10,15H,2,11-14H2,1H3,(H,23,24)/b20-15+. The summed E-state index contributed by atoms with van der Waals surface area (Å²) in [6.45, 7) is 4.87. The Labute approximate surface area is 158 Å². The summed E-state index contributed by atoms with van der Waals surface area (Å²) in [7, 11) is 0. The van der Waals surface area contributed by atoms with Gasteiger partial charge in [0.2, 0.25) is 5.76 Å². The predicted octanol–water partition coefficient (Wildman–Crippen LogP) is 3.43. The van der Waals surface area contributed by atoms with Crippen LogP contribution in [-0.2, 0) is 9.53 Å². The lowest BCUT2D eigenvalue weighted by atomic mass is 10.2. The monoisotopic (exact) mass is 369 g/mol. The summed E-state index contributed by atoms with van der Waals surface area (Å²) in [5, 5.41) is 9.10. The first-order valence-electron chi connectivity index (χ1n) is 8.95. The zero-order valence-electron chi connectivity index (χ0n) is 15.3. The molecule has 0 aliphatic carbocycles. The van der Waals surface area contributed by atoms with Gasteiger partial charge in [-0.05, 0) is 42.8 Å². The lowest BCUT2D eigenvalue weighted by Crippen LogP contribution is -2.35. The van der Waals surface area contributed by atoms with Crippen LogP contribution in [0.5, 0.6) is 11.5 Å². The number of carbonyl (C=O) groups is 1. The quantitative estimate of drug-likeness (QED) is 0.568. The van der Waals surface area contributed by atoms with E-state index in [2.05, 4.69) is 4.90 Å². The number of hydrogen-bond donors (Lipinski definition) is 1. The molecule has 0 aromatic heterocycles. The van der Waals surface area contributed by atoms with Crippen LogP contribution in [0.1, 0.15) is 12.5 Å². The predicted molar refractivity (Wildman–Crippen MR) is 103 cm³/mol. The van der Waals surface area contributed by atoms with Crippen LogP contribution < -0.4 is 14.4 Å². The Kier molecular flexibility index (Phi) is 6.20. The van der Waals surface area contributed by atoms with Gasteiger partial charge in [-0.15, -0.1) is 0 Å². The second kappa shape index (κ2) is 8.98. The first-order chi connectivity index (χ1) is 13.2. The van der Waals surface area contributed by atoms with Crippen molar-refractivity contribution in [1.82, 2.24) is 0 Å². The molecule has 0 spiro atoms. The number of anilines is 1. The molecule has 1 heterocycles. The topological polar surface area (TPSA) is 68.2 Å². The summed E-state index contributed by atoms with van der Waals surface area (Å²) in [6.07, 6.45) is 1.50. The SMILES string of the molecule is CCO/C(=C/c1ccc(OCCN2CCOc3ccccc32)cc1)C(=O)O. The number of para-hydroxylation sites is 2. The maximum absolute atomic E-state index is 11.1. The third-order valence-electron chi connectivity index (χ3n) is 4.14. The van der Waals surface area contributed by atoms with E-state index >= 15 is 0 Å². The zero-order valence-corrected chi connectivity index (χ0v) is 15.3. The summed E-state index contributed by atoms with van der Waals surface area (Å²) >= 11 is 0. The Morgan fingerprint density at radius 1 is 1.22 bits per heavy atom. The highest BCUT2D eigenvalue weighted by Gasteiger charge is 2.16. The van der Waals surface area contributed by atoms with E-state index < -0.39 is 5.97 Å². The van der Waals surface area contributed by atoms with Gasteiger partial charge >= 0.3 is 5.97 Å². The average Bonchev–Trinajstić information content (AvgIpc) is 2.69. The lowest BCUT2D eigenvalue weighted by molar-refractivity contribution is -0.136. The highest BCUT2D eigenvalue weighted by molar-refractivity contribution is 5.89. The fourth-order valence-electron chi connectivity index (χ4n) is 2.86. The largest absolute Gasteiger partial charge is 0.492 e. The molecule has 2 aromatic carbocycles. The molecule has 6 nitrogen and oxygen atoms in total. The number of benzene rings is 2. The molecule has 1 N–H and O–H groups in total. The van der Waals surface area contributed by atoms with Crippen LogP contribution in [0.3, 0.4) is 0 Å². The average molecular weight is 369 g/mol. The molecule has 0 bridgehead atoms. The maximum Gasteiger partial charge on any atom is 0.371 e. The van der Waals surface area contributed by atoms with E-state index in [0.717, 1.165) is 35.8 Å². The molecule has 2 aromatic rings. The van der Waals surface area contributed by atoms with Gasteiger partial charge in [-0.25, -0.2) is 4.79 Å². The van der Waals surface area contributed by atoms with Gasteiger partial charge in [0.25, 0.3) is 0 Å². The molecule has 1 aliphatic rings. The van der Waals surface area contributed by atoms with Crippen molar-refractivity contribution in [2.45, 2.75) is 6.92 Å². The molecule has 0 unspecified atom stereocenters. The Morgan fingerprint density at radius 2 is 2.00 bits per heavy atom. The van der Waals surface area contributed by atoms with E-state index in [0.29, 0.717) is 19.8 Å². The van der Waals surface area contributed by atoms with Gasteiger partial charge < -0.3 is 24.2 Å². The van der Waals surface area contributed by atoms with E-state index in [-0.39, 0.29) is 5.76 Å². The van der Waals surface area contributed by atoms with Crippen LogP contribution in [0.4, 0.5) is 5.69 Å². The van der Waals surface area contributed by atoms with Gasteiger partial charge in [-0.2, -0.15) is 0 Å². The molecule has 0 fully saturated rings. The highest BCUT2D eigenvalue weighted by Crippen LogP contribution is 2.30. The first kappa shape index (κ1) is 18.6. The molecule has 0 atom stereocenters.